The van der Waals surface area contributed by atoms with Gasteiger partial charge in [0, 0.05) is 31.1 Å². The number of rotatable bonds is 10. The number of carbonyl (C=O) groups is 1. The third-order valence-corrected chi connectivity index (χ3v) is 7.00. The van der Waals surface area contributed by atoms with E-state index in [0.717, 1.165) is 61.2 Å². The molecule has 1 heterocycles. The van der Waals surface area contributed by atoms with Crippen LogP contribution in [0.1, 0.15) is 91.5 Å². The highest BCUT2D eigenvalue weighted by molar-refractivity contribution is 5.80. The SMILES string of the molecule is CC.CCCN(C(=O)CCC(CC)n1c(N)nc2ccc(Oc3ccccc3)cc21)C1CCCCC1. The van der Waals surface area contributed by atoms with Crippen molar-refractivity contribution in [3.63, 3.8) is 0 Å². The normalized spacial score (nSPS) is 14.7. The Balaban J connectivity index is 0.00000176. The molecule has 1 aliphatic rings. The Kier molecular flexibility index (Phi) is 10.6. The second-order valence-electron chi connectivity index (χ2n) is 9.39. The van der Waals surface area contributed by atoms with Crippen LogP contribution in [0.3, 0.4) is 0 Å². The molecule has 1 aliphatic carbocycles. The average molecular weight is 493 g/mol. The number of nitrogen functional groups attached to an aromatic ring is 1. The van der Waals surface area contributed by atoms with Crippen LogP contribution in [-0.4, -0.2) is 32.9 Å². The summed E-state index contributed by atoms with van der Waals surface area (Å²) in [7, 11) is 0. The number of para-hydroxylation sites is 1. The largest absolute Gasteiger partial charge is 0.457 e. The second-order valence-corrected chi connectivity index (χ2v) is 9.39. The molecule has 36 heavy (non-hydrogen) atoms. The van der Waals surface area contributed by atoms with Crippen molar-refractivity contribution in [2.45, 2.75) is 97.6 Å². The number of aromatic nitrogens is 2. The zero-order valence-electron chi connectivity index (χ0n) is 22.6. The van der Waals surface area contributed by atoms with Crippen molar-refractivity contribution in [2.24, 2.45) is 0 Å². The van der Waals surface area contributed by atoms with Gasteiger partial charge in [0.15, 0.2) is 0 Å². The number of nitrogens with two attached hydrogens (primary N) is 1. The monoisotopic (exact) mass is 492 g/mol. The van der Waals surface area contributed by atoms with E-state index >= 15 is 0 Å². The number of fused-ring (bicyclic) bond motifs is 1. The molecule has 3 aromatic rings. The van der Waals surface area contributed by atoms with Crippen molar-refractivity contribution in [3.8, 4) is 11.5 Å². The smallest absolute Gasteiger partial charge is 0.222 e. The molecule has 6 heteroatoms. The summed E-state index contributed by atoms with van der Waals surface area (Å²) in [6, 6.07) is 16.1. The van der Waals surface area contributed by atoms with E-state index in [0.29, 0.717) is 18.4 Å². The van der Waals surface area contributed by atoms with Gasteiger partial charge in [0.25, 0.3) is 0 Å². The third kappa shape index (κ3) is 6.80. The van der Waals surface area contributed by atoms with Crippen molar-refractivity contribution in [1.82, 2.24) is 14.5 Å². The Bertz CT molecular complexity index is 1070. The highest BCUT2D eigenvalue weighted by Crippen LogP contribution is 2.32. The zero-order chi connectivity index (χ0) is 25.9. The molecule has 1 fully saturated rings. The first kappa shape index (κ1) is 27.6. The number of benzene rings is 2. The molecule has 2 aromatic carbocycles. The van der Waals surface area contributed by atoms with E-state index in [-0.39, 0.29) is 11.9 Å². The minimum atomic E-state index is 0.107. The summed E-state index contributed by atoms with van der Waals surface area (Å²) in [5.74, 6) is 2.31. The van der Waals surface area contributed by atoms with E-state index in [4.69, 9.17) is 10.5 Å². The Morgan fingerprint density at radius 1 is 1.08 bits per heavy atom. The van der Waals surface area contributed by atoms with Gasteiger partial charge in [-0.15, -0.1) is 0 Å². The van der Waals surface area contributed by atoms with E-state index in [1.54, 1.807) is 0 Å². The molecule has 4 rings (SSSR count). The lowest BCUT2D eigenvalue weighted by atomic mass is 9.93. The Labute approximate surface area is 216 Å². The van der Waals surface area contributed by atoms with Gasteiger partial charge in [0.05, 0.1) is 11.0 Å². The molecule has 0 aliphatic heterocycles. The molecule has 0 spiro atoms. The lowest BCUT2D eigenvalue weighted by Crippen LogP contribution is -2.42. The fourth-order valence-corrected chi connectivity index (χ4v) is 5.26. The first-order chi connectivity index (χ1) is 17.6. The topological polar surface area (TPSA) is 73.4 Å². The minimum Gasteiger partial charge on any atom is -0.457 e. The van der Waals surface area contributed by atoms with Crippen LogP contribution in [0.5, 0.6) is 11.5 Å². The average Bonchev–Trinajstić information content (AvgIpc) is 3.25. The van der Waals surface area contributed by atoms with Gasteiger partial charge in [0.2, 0.25) is 11.9 Å². The van der Waals surface area contributed by atoms with E-state index in [1.807, 2.05) is 62.4 Å². The van der Waals surface area contributed by atoms with Crippen molar-refractivity contribution in [1.29, 1.82) is 0 Å². The molecule has 2 N–H and O–H groups in total. The number of ether oxygens (including phenoxy) is 1. The molecule has 1 amide bonds. The Morgan fingerprint density at radius 3 is 2.47 bits per heavy atom. The van der Waals surface area contributed by atoms with Crippen molar-refractivity contribution >= 4 is 22.9 Å². The van der Waals surface area contributed by atoms with Gasteiger partial charge in [0.1, 0.15) is 11.5 Å². The predicted molar refractivity (Wildman–Crippen MR) is 149 cm³/mol. The van der Waals surface area contributed by atoms with Gasteiger partial charge in [-0.05, 0) is 56.4 Å². The second kappa shape index (κ2) is 13.9. The van der Waals surface area contributed by atoms with Crippen LogP contribution in [0.25, 0.3) is 11.0 Å². The maximum absolute atomic E-state index is 13.3. The summed E-state index contributed by atoms with van der Waals surface area (Å²) in [5.41, 5.74) is 8.17. The van der Waals surface area contributed by atoms with E-state index < -0.39 is 0 Å². The summed E-state index contributed by atoms with van der Waals surface area (Å²) in [6.45, 7) is 9.16. The molecule has 1 aromatic heterocycles. The van der Waals surface area contributed by atoms with Crippen molar-refractivity contribution in [2.75, 3.05) is 12.3 Å². The molecule has 196 valence electrons. The van der Waals surface area contributed by atoms with Gasteiger partial charge < -0.3 is 19.9 Å². The lowest BCUT2D eigenvalue weighted by molar-refractivity contribution is -0.134. The number of nitrogens with zero attached hydrogens (tertiary/aromatic N) is 3. The molecule has 1 atom stereocenters. The first-order valence-corrected chi connectivity index (χ1v) is 13.9. The summed E-state index contributed by atoms with van der Waals surface area (Å²) in [4.78, 5) is 20.0. The predicted octanol–water partition coefficient (Wildman–Crippen LogP) is 7.74. The maximum atomic E-state index is 13.3. The summed E-state index contributed by atoms with van der Waals surface area (Å²) in [6.07, 6.45) is 9.23. The molecule has 0 saturated heterocycles. The van der Waals surface area contributed by atoms with Crippen LogP contribution >= 0.6 is 0 Å². The van der Waals surface area contributed by atoms with Crippen LogP contribution in [0.15, 0.2) is 48.5 Å². The van der Waals surface area contributed by atoms with Gasteiger partial charge in [-0.1, -0.05) is 65.2 Å². The maximum Gasteiger partial charge on any atom is 0.222 e. The highest BCUT2D eigenvalue weighted by atomic mass is 16.5. The summed E-state index contributed by atoms with van der Waals surface area (Å²) in [5, 5.41) is 0. The number of carbonyl (C=O) groups excluding carboxylic acids is 1. The van der Waals surface area contributed by atoms with E-state index in [9.17, 15) is 4.79 Å². The van der Waals surface area contributed by atoms with E-state index in [1.165, 1.54) is 19.3 Å². The van der Waals surface area contributed by atoms with Crippen molar-refractivity contribution < 1.29 is 9.53 Å². The fourth-order valence-electron chi connectivity index (χ4n) is 5.26. The Hall–Kier alpha value is -3.02. The lowest BCUT2D eigenvalue weighted by Gasteiger charge is -2.34. The third-order valence-electron chi connectivity index (χ3n) is 7.00. The number of amides is 1. The van der Waals surface area contributed by atoms with E-state index in [2.05, 4.69) is 28.3 Å². The van der Waals surface area contributed by atoms with Crippen LogP contribution in [0.4, 0.5) is 5.95 Å². The van der Waals surface area contributed by atoms with Crippen LogP contribution < -0.4 is 10.5 Å². The summed E-state index contributed by atoms with van der Waals surface area (Å²) >= 11 is 0. The molecule has 0 bridgehead atoms. The summed E-state index contributed by atoms with van der Waals surface area (Å²) < 4.78 is 8.13. The zero-order valence-corrected chi connectivity index (χ0v) is 22.6. The Morgan fingerprint density at radius 2 is 1.81 bits per heavy atom. The van der Waals surface area contributed by atoms with Crippen LogP contribution in [0.2, 0.25) is 0 Å². The molecular weight excluding hydrogens is 448 g/mol. The van der Waals surface area contributed by atoms with Crippen LogP contribution in [0, 0.1) is 0 Å². The standard InChI is InChI=1S/C28H38N4O2.C2H6/c1-3-19-31(22-11-7-5-8-12-22)27(33)18-15-21(4-2)32-26-20-24(16-17-25(26)30-28(32)29)34-23-13-9-6-10-14-23;1-2/h6,9-10,13-14,16-17,20-22H,3-5,7-8,11-12,15,18-19H2,1-2H3,(H2,29,30);1-2H3. The minimum absolute atomic E-state index is 0.107. The van der Waals surface area contributed by atoms with Gasteiger partial charge in [-0.2, -0.15) is 0 Å². The molecule has 1 unspecified atom stereocenters. The fraction of sp³-hybridized carbons (Fsp3) is 0.533. The quantitative estimate of drug-likeness (QED) is 0.314. The highest BCUT2D eigenvalue weighted by Gasteiger charge is 2.26. The first-order valence-electron chi connectivity index (χ1n) is 13.9. The van der Waals surface area contributed by atoms with Gasteiger partial charge in [-0.3, -0.25) is 4.79 Å². The molecular formula is C30H44N4O2. The number of hydrogen-bond donors (Lipinski definition) is 1. The number of anilines is 1. The van der Waals surface area contributed by atoms with Gasteiger partial charge in [-0.25, -0.2) is 4.98 Å². The molecule has 6 nitrogen and oxygen atoms in total. The van der Waals surface area contributed by atoms with Crippen LogP contribution in [-0.2, 0) is 4.79 Å². The number of imidazole rings is 1. The van der Waals surface area contributed by atoms with Crippen molar-refractivity contribution in [3.05, 3.63) is 48.5 Å². The molecule has 1 saturated carbocycles. The number of hydrogen-bond acceptors (Lipinski definition) is 4. The molecule has 0 radical (unpaired) electrons. The van der Waals surface area contributed by atoms with Gasteiger partial charge >= 0.3 is 0 Å².